The van der Waals surface area contributed by atoms with Gasteiger partial charge in [-0.05, 0) is 68.1 Å². The molecule has 1 atom stereocenters. The van der Waals surface area contributed by atoms with Crippen molar-refractivity contribution in [1.29, 1.82) is 0 Å². The Morgan fingerprint density at radius 1 is 1.24 bits per heavy atom. The first kappa shape index (κ1) is 23.3. The third-order valence-corrected chi connectivity index (χ3v) is 6.32. The van der Waals surface area contributed by atoms with Crippen LogP contribution in [0.2, 0.25) is 0 Å². The highest BCUT2D eigenvalue weighted by atomic mass is 16.5. The summed E-state index contributed by atoms with van der Waals surface area (Å²) >= 11 is 0. The molecular formula is C27H36N4O2. The van der Waals surface area contributed by atoms with Crippen molar-refractivity contribution in [1.82, 2.24) is 14.9 Å². The highest BCUT2D eigenvalue weighted by molar-refractivity contribution is 5.95. The molecule has 0 aliphatic carbocycles. The molecule has 33 heavy (non-hydrogen) atoms. The lowest BCUT2D eigenvalue weighted by Gasteiger charge is -2.19. The standard InChI is InChI=1S/C27H36N4O2/c1-5-33-23-11-8-20(9-12-23)16-26-29-24-17-22(30(4)27(32)15-19(2)3)10-13-25(24)31(26)18-21-7-6-14-28-21/h8-13,17,19,21,28H,5-7,14-16,18H2,1-4H3/t21-/m1/s1. The van der Waals surface area contributed by atoms with Gasteiger partial charge >= 0.3 is 0 Å². The molecule has 4 rings (SSSR count). The van der Waals surface area contributed by atoms with Crippen LogP contribution in [0.1, 0.15) is 51.4 Å². The highest BCUT2D eigenvalue weighted by Gasteiger charge is 2.20. The number of aromatic nitrogens is 2. The molecule has 176 valence electrons. The Balaban J connectivity index is 1.65. The van der Waals surface area contributed by atoms with Gasteiger partial charge < -0.3 is 19.5 Å². The van der Waals surface area contributed by atoms with E-state index in [4.69, 9.17) is 9.72 Å². The number of imidazole rings is 1. The topological polar surface area (TPSA) is 59.4 Å². The summed E-state index contributed by atoms with van der Waals surface area (Å²) in [7, 11) is 1.85. The van der Waals surface area contributed by atoms with Crippen LogP contribution in [-0.4, -0.2) is 41.7 Å². The van der Waals surface area contributed by atoms with Crippen LogP contribution in [0.15, 0.2) is 42.5 Å². The Hall–Kier alpha value is -2.86. The molecule has 0 unspecified atom stereocenters. The molecule has 1 fully saturated rings. The molecule has 6 nitrogen and oxygen atoms in total. The molecule has 1 amide bonds. The number of hydrogen-bond acceptors (Lipinski definition) is 4. The van der Waals surface area contributed by atoms with Gasteiger partial charge in [0.2, 0.25) is 5.91 Å². The van der Waals surface area contributed by atoms with Gasteiger partial charge in [0.1, 0.15) is 11.6 Å². The average Bonchev–Trinajstić information content (AvgIpc) is 3.42. The smallest absolute Gasteiger partial charge is 0.226 e. The summed E-state index contributed by atoms with van der Waals surface area (Å²) in [6.07, 6.45) is 3.70. The summed E-state index contributed by atoms with van der Waals surface area (Å²) in [5.41, 5.74) is 4.16. The van der Waals surface area contributed by atoms with Crippen molar-refractivity contribution in [2.75, 3.05) is 25.1 Å². The van der Waals surface area contributed by atoms with E-state index in [2.05, 4.69) is 41.9 Å². The molecular weight excluding hydrogens is 412 g/mol. The maximum absolute atomic E-state index is 12.6. The van der Waals surface area contributed by atoms with Crippen molar-refractivity contribution >= 4 is 22.6 Å². The van der Waals surface area contributed by atoms with Gasteiger partial charge in [-0.1, -0.05) is 26.0 Å². The summed E-state index contributed by atoms with van der Waals surface area (Å²) in [5.74, 6) is 2.41. The molecule has 0 bridgehead atoms. The number of fused-ring (bicyclic) bond motifs is 1. The van der Waals surface area contributed by atoms with Crippen molar-refractivity contribution in [3.8, 4) is 5.75 Å². The zero-order chi connectivity index (χ0) is 23.4. The van der Waals surface area contributed by atoms with Gasteiger partial charge in [0, 0.05) is 38.2 Å². The minimum absolute atomic E-state index is 0.133. The van der Waals surface area contributed by atoms with Crippen LogP contribution in [0, 0.1) is 5.92 Å². The Morgan fingerprint density at radius 2 is 2.03 bits per heavy atom. The van der Waals surface area contributed by atoms with E-state index in [0.29, 0.717) is 25.0 Å². The monoisotopic (exact) mass is 448 g/mol. The first-order valence-corrected chi connectivity index (χ1v) is 12.2. The van der Waals surface area contributed by atoms with Crippen LogP contribution >= 0.6 is 0 Å². The molecule has 1 aromatic heterocycles. The summed E-state index contributed by atoms with van der Waals surface area (Å²) in [6.45, 7) is 8.79. The van der Waals surface area contributed by atoms with Gasteiger partial charge in [-0.25, -0.2) is 4.98 Å². The predicted molar refractivity (Wildman–Crippen MR) is 134 cm³/mol. The summed E-state index contributed by atoms with van der Waals surface area (Å²) in [6, 6.07) is 15.0. The minimum Gasteiger partial charge on any atom is -0.494 e. The first-order valence-electron chi connectivity index (χ1n) is 12.2. The largest absolute Gasteiger partial charge is 0.494 e. The Kier molecular flexibility index (Phi) is 7.33. The van der Waals surface area contributed by atoms with Crippen LogP contribution in [0.5, 0.6) is 5.75 Å². The molecule has 2 heterocycles. The number of carbonyl (C=O) groups is 1. The molecule has 1 saturated heterocycles. The van der Waals surface area contributed by atoms with Crippen LogP contribution in [0.4, 0.5) is 5.69 Å². The second kappa shape index (κ2) is 10.4. The van der Waals surface area contributed by atoms with E-state index in [0.717, 1.165) is 47.8 Å². The molecule has 0 spiro atoms. The minimum atomic E-state index is 0.133. The second-order valence-corrected chi connectivity index (χ2v) is 9.41. The number of benzene rings is 2. The van der Waals surface area contributed by atoms with Gasteiger partial charge in [0.05, 0.1) is 17.6 Å². The van der Waals surface area contributed by atoms with E-state index in [-0.39, 0.29) is 5.91 Å². The third kappa shape index (κ3) is 5.56. The molecule has 1 N–H and O–H groups in total. The van der Waals surface area contributed by atoms with Crippen LogP contribution in [0.25, 0.3) is 11.0 Å². The Morgan fingerprint density at radius 3 is 2.70 bits per heavy atom. The van der Waals surface area contributed by atoms with Crippen LogP contribution < -0.4 is 15.0 Å². The Bertz CT molecular complexity index is 1080. The fraction of sp³-hybridized carbons (Fsp3) is 0.481. The van der Waals surface area contributed by atoms with E-state index in [1.807, 2.05) is 38.2 Å². The average molecular weight is 449 g/mol. The van der Waals surface area contributed by atoms with Gasteiger partial charge in [-0.15, -0.1) is 0 Å². The quantitative estimate of drug-likeness (QED) is 0.511. The number of rotatable bonds is 9. The van der Waals surface area contributed by atoms with Gasteiger partial charge in [-0.2, -0.15) is 0 Å². The van der Waals surface area contributed by atoms with Crippen LogP contribution in [-0.2, 0) is 17.8 Å². The van der Waals surface area contributed by atoms with E-state index in [9.17, 15) is 4.79 Å². The number of amides is 1. The van der Waals surface area contributed by atoms with Crippen molar-refractivity contribution in [3.05, 3.63) is 53.9 Å². The fourth-order valence-corrected chi connectivity index (χ4v) is 4.53. The van der Waals surface area contributed by atoms with E-state index < -0.39 is 0 Å². The van der Waals surface area contributed by atoms with E-state index in [1.165, 1.54) is 18.4 Å². The highest BCUT2D eigenvalue weighted by Crippen LogP contribution is 2.26. The lowest BCUT2D eigenvalue weighted by molar-refractivity contribution is -0.119. The van der Waals surface area contributed by atoms with Crippen molar-refractivity contribution in [2.45, 2.75) is 59.0 Å². The number of ether oxygens (including phenoxy) is 1. The SMILES string of the molecule is CCOc1ccc(Cc2nc3cc(N(C)C(=O)CC(C)C)ccc3n2C[C@H]2CCCN2)cc1. The van der Waals surface area contributed by atoms with E-state index in [1.54, 1.807) is 4.90 Å². The number of nitrogens with zero attached hydrogens (tertiary/aromatic N) is 3. The maximum Gasteiger partial charge on any atom is 0.226 e. The van der Waals surface area contributed by atoms with Crippen molar-refractivity contribution in [2.24, 2.45) is 5.92 Å². The molecule has 2 aromatic carbocycles. The summed E-state index contributed by atoms with van der Waals surface area (Å²) in [5, 5.41) is 3.62. The van der Waals surface area contributed by atoms with Crippen molar-refractivity contribution in [3.63, 3.8) is 0 Å². The van der Waals surface area contributed by atoms with Crippen LogP contribution in [0.3, 0.4) is 0 Å². The number of carbonyl (C=O) groups excluding carboxylic acids is 1. The second-order valence-electron chi connectivity index (χ2n) is 9.41. The zero-order valence-corrected chi connectivity index (χ0v) is 20.3. The molecule has 3 aromatic rings. The van der Waals surface area contributed by atoms with Gasteiger partial charge in [0.15, 0.2) is 0 Å². The summed E-state index contributed by atoms with van der Waals surface area (Å²) in [4.78, 5) is 19.4. The van der Waals surface area contributed by atoms with E-state index >= 15 is 0 Å². The maximum atomic E-state index is 12.6. The lowest BCUT2D eigenvalue weighted by atomic mass is 10.1. The molecule has 0 saturated carbocycles. The summed E-state index contributed by atoms with van der Waals surface area (Å²) < 4.78 is 7.94. The number of nitrogens with one attached hydrogen (secondary N) is 1. The third-order valence-electron chi connectivity index (χ3n) is 6.32. The molecule has 6 heteroatoms. The first-order chi connectivity index (χ1) is 15.9. The van der Waals surface area contributed by atoms with Gasteiger partial charge in [-0.3, -0.25) is 4.79 Å². The number of hydrogen-bond donors (Lipinski definition) is 1. The van der Waals surface area contributed by atoms with Crippen molar-refractivity contribution < 1.29 is 9.53 Å². The lowest BCUT2D eigenvalue weighted by Crippen LogP contribution is -2.27. The number of anilines is 1. The predicted octanol–water partition coefficient (Wildman–Crippen LogP) is 4.79. The Labute approximate surface area is 196 Å². The van der Waals surface area contributed by atoms with Gasteiger partial charge in [0.25, 0.3) is 0 Å². The molecule has 1 aliphatic rings. The zero-order valence-electron chi connectivity index (χ0n) is 20.3. The fourth-order valence-electron chi connectivity index (χ4n) is 4.53. The molecule has 0 radical (unpaired) electrons. The normalized spacial score (nSPS) is 16.0. The molecule has 1 aliphatic heterocycles.